The smallest absolute Gasteiger partial charge is 0.164 e. The molecular weight excluding hydrogens is 721 g/mol. The minimum atomic E-state index is 0.621. The first-order chi connectivity index (χ1) is 29.2. The number of hydrogen-bond donors (Lipinski definition) is 0. The van der Waals surface area contributed by atoms with Gasteiger partial charge in [-0.15, -0.1) is 0 Å². The third-order valence-corrected chi connectivity index (χ3v) is 11.0. The van der Waals surface area contributed by atoms with Gasteiger partial charge in [0.15, 0.2) is 23.1 Å². The summed E-state index contributed by atoms with van der Waals surface area (Å²) in [6.45, 7) is 0. The highest BCUT2D eigenvalue weighted by atomic mass is 16.3. The van der Waals surface area contributed by atoms with E-state index in [0.29, 0.717) is 17.5 Å². The molecule has 0 atom stereocenters. The van der Waals surface area contributed by atoms with Crippen LogP contribution in [0.2, 0.25) is 0 Å². The van der Waals surface area contributed by atoms with Crippen molar-refractivity contribution in [2.75, 3.05) is 0 Å². The van der Waals surface area contributed by atoms with Crippen LogP contribution < -0.4 is 0 Å². The van der Waals surface area contributed by atoms with Crippen LogP contribution in [0.3, 0.4) is 0 Å². The van der Waals surface area contributed by atoms with Crippen LogP contribution >= 0.6 is 0 Å². The van der Waals surface area contributed by atoms with E-state index in [0.717, 1.165) is 88.6 Å². The summed E-state index contributed by atoms with van der Waals surface area (Å²) in [4.78, 5) is 20.2. The topological polar surface area (TPSA) is 64.7 Å². The normalized spacial score (nSPS) is 11.4. The highest BCUT2D eigenvalue weighted by molar-refractivity contribution is 6.21. The van der Waals surface area contributed by atoms with E-state index in [1.54, 1.807) is 0 Å². The van der Waals surface area contributed by atoms with Gasteiger partial charge in [-0.3, -0.25) is 0 Å². The van der Waals surface area contributed by atoms with Gasteiger partial charge in [0.05, 0.1) is 5.52 Å². The number of furan rings is 1. The van der Waals surface area contributed by atoms with Gasteiger partial charge in [0.25, 0.3) is 0 Å². The molecule has 0 unspecified atom stereocenters. The van der Waals surface area contributed by atoms with Crippen molar-refractivity contribution in [2.24, 2.45) is 0 Å². The Hall–Kier alpha value is -8.02. The summed E-state index contributed by atoms with van der Waals surface area (Å²) in [7, 11) is 0. The Kier molecular flexibility index (Phi) is 8.41. The Morgan fingerprint density at radius 3 is 1.22 bits per heavy atom. The van der Waals surface area contributed by atoms with Crippen LogP contribution in [0.1, 0.15) is 0 Å². The number of nitrogens with zero attached hydrogens (tertiary/aromatic N) is 4. The van der Waals surface area contributed by atoms with E-state index in [9.17, 15) is 0 Å². The highest BCUT2D eigenvalue weighted by Gasteiger charge is 2.19. The third-order valence-electron chi connectivity index (χ3n) is 11.0. The van der Waals surface area contributed by atoms with Crippen molar-refractivity contribution >= 4 is 32.8 Å². The van der Waals surface area contributed by atoms with Crippen LogP contribution in [0.5, 0.6) is 0 Å². The zero-order valence-electron chi connectivity index (χ0n) is 31.8. The molecule has 3 heterocycles. The van der Waals surface area contributed by atoms with Crippen LogP contribution in [-0.2, 0) is 0 Å². The minimum Gasteiger partial charge on any atom is -0.454 e. The SMILES string of the molecule is c1ccc(-c2ccc(-c3nc(-c4ccccc4)nc(-c4ccc(-c5ccc(-c6nc7cc(-c8ccccc8)ccc7c7c6oc6ccccc67)cc5)cc4)n3)cc2)cc1. The third kappa shape index (κ3) is 6.41. The molecule has 0 fully saturated rings. The van der Waals surface area contributed by atoms with Crippen molar-refractivity contribution in [3.05, 3.63) is 206 Å². The van der Waals surface area contributed by atoms with E-state index >= 15 is 0 Å². The van der Waals surface area contributed by atoms with E-state index in [-0.39, 0.29) is 0 Å². The second-order valence-corrected chi connectivity index (χ2v) is 14.6. The molecule has 11 rings (SSSR count). The fourth-order valence-corrected chi connectivity index (χ4v) is 7.92. The molecule has 0 radical (unpaired) electrons. The largest absolute Gasteiger partial charge is 0.454 e. The van der Waals surface area contributed by atoms with Crippen molar-refractivity contribution in [2.45, 2.75) is 0 Å². The van der Waals surface area contributed by atoms with Crippen LogP contribution in [0, 0.1) is 0 Å². The molecule has 0 saturated heterocycles. The summed E-state index contributed by atoms with van der Waals surface area (Å²) in [5.74, 6) is 1.88. The molecule has 0 aliphatic rings. The first-order valence-corrected chi connectivity index (χ1v) is 19.7. The van der Waals surface area contributed by atoms with Crippen LogP contribution in [0.4, 0.5) is 0 Å². The van der Waals surface area contributed by atoms with Gasteiger partial charge in [-0.1, -0.05) is 194 Å². The molecule has 8 aromatic carbocycles. The zero-order valence-corrected chi connectivity index (χ0v) is 31.8. The summed E-state index contributed by atoms with van der Waals surface area (Å²) >= 11 is 0. The molecule has 0 saturated carbocycles. The van der Waals surface area contributed by atoms with Gasteiger partial charge < -0.3 is 4.42 Å². The maximum absolute atomic E-state index is 6.55. The molecular formula is C54H34N4O. The molecule has 0 spiro atoms. The van der Waals surface area contributed by atoms with Crippen LogP contribution in [0.25, 0.3) is 112 Å². The van der Waals surface area contributed by atoms with E-state index in [1.165, 1.54) is 5.56 Å². The summed E-state index contributed by atoms with van der Waals surface area (Å²) in [6.07, 6.45) is 0. The second-order valence-electron chi connectivity index (χ2n) is 14.6. The van der Waals surface area contributed by atoms with Gasteiger partial charge >= 0.3 is 0 Å². The Bertz CT molecular complexity index is 3270. The molecule has 276 valence electrons. The van der Waals surface area contributed by atoms with Crippen LogP contribution in [0.15, 0.2) is 211 Å². The lowest BCUT2D eigenvalue weighted by atomic mass is 9.98. The molecule has 0 amide bonds. The number of pyridine rings is 1. The average Bonchev–Trinajstić information content (AvgIpc) is 3.72. The zero-order chi connectivity index (χ0) is 39.1. The van der Waals surface area contributed by atoms with Gasteiger partial charge in [0, 0.05) is 38.4 Å². The minimum absolute atomic E-state index is 0.621. The standard InChI is InChI=1S/C54H34N4O/c1-4-12-35(13-5-1)37-22-28-42(29-23-37)53-56-52(41-16-8-3-9-17-41)57-54(58-53)43-30-24-39(25-31-43)38-20-26-40(27-21-38)50-51-49(46-18-10-11-19-48(46)59-51)45-33-32-44(34-47(45)55-50)36-14-6-2-7-15-36/h1-34H. The average molecular weight is 755 g/mol. The molecule has 3 aromatic heterocycles. The van der Waals surface area contributed by atoms with E-state index in [2.05, 4.69) is 152 Å². The molecule has 11 aromatic rings. The first kappa shape index (κ1) is 34.2. The lowest BCUT2D eigenvalue weighted by Gasteiger charge is -2.10. The molecule has 0 aliphatic carbocycles. The Labute approximate surface area is 341 Å². The van der Waals surface area contributed by atoms with E-state index < -0.39 is 0 Å². The lowest BCUT2D eigenvalue weighted by Crippen LogP contribution is -2.00. The van der Waals surface area contributed by atoms with Gasteiger partial charge in [0.1, 0.15) is 11.3 Å². The number of aromatic nitrogens is 4. The Morgan fingerprint density at radius 1 is 0.288 bits per heavy atom. The summed E-state index contributed by atoms with van der Waals surface area (Å²) in [5.41, 5.74) is 13.9. The van der Waals surface area contributed by atoms with Crippen molar-refractivity contribution < 1.29 is 4.42 Å². The first-order valence-electron chi connectivity index (χ1n) is 19.7. The van der Waals surface area contributed by atoms with Gasteiger partial charge in [-0.2, -0.15) is 0 Å². The molecule has 5 nitrogen and oxygen atoms in total. The summed E-state index contributed by atoms with van der Waals surface area (Å²) in [6, 6.07) is 71.1. The number of benzene rings is 8. The highest BCUT2D eigenvalue weighted by Crippen LogP contribution is 2.40. The maximum Gasteiger partial charge on any atom is 0.164 e. The monoisotopic (exact) mass is 754 g/mol. The van der Waals surface area contributed by atoms with Crippen molar-refractivity contribution in [3.8, 4) is 78.8 Å². The number of para-hydroxylation sites is 1. The van der Waals surface area contributed by atoms with E-state index in [4.69, 9.17) is 24.4 Å². The fraction of sp³-hybridized carbons (Fsp3) is 0. The predicted octanol–water partition coefficient (Wildman–Crippen LogP) is 14.0. The van der Waals surface area contributed by atoms with Crippen LogP contribution in [-0.4, -0.2) is 19.9 Å². The molecule has 0 aliphatic heterocycles. The lowest BCUT2D eigenvalue weighted by molar-refractivity contribution is 0.669. The summed E-state index contributed by atoms with van der Waals surface area (Å²) in [5, 5.41) is 3.25. The van der Waals surface area contributed by atoms with Gasteiger partial charge in [-0.05, 0) is 45.5 Å². The maximum atomic E-state index is 6.55. The quantitative estimate of drug-likeness (QED) is 0.162. The summed E-state index contributed by atoms with van der Waals surface area (Å²) < 4.78 is 6.55. The van der Waals surface area contributed by atoms with E-state index in [1.807, 2.05) is 54.6 Å². The molecule has 0 N–H and O–H groups in total. The fourth-order valence-electron chi connectivity index (χ4n) is 7.92. The number of rotatable bonds is 7. The van der Waals surface area contributed by atoms with Crippen molar-refractivity contribution in [1.29, 1.82) is 0 Å². The number of hydrogen-bond acceptors (Lipinski definition) is 5. The second kappa shape index (κ2) is 14.5. The predicted molar refractivity (Wildman–Crippen MR) is 240 cm³/mol. The molecule has 5 heteroatoms. The Morgan fingerprint density at radius 2 is 0.678 bits per heavy atom. The number of fused-ring (bicyclic) bond motifs is 5. The van der Waals surface area contributed by atoms with Crippen molar-refractivity contribution in [1.82, 2.24) is 19.9 Å². The Balaban J connectivity index is 0.940. The van der Waals surface area contributed by atoms with Crippen molar-refractivity contribution in [3.63, 3.8) is 0 Å². The van der Waals surface area contributed by atoms with Gasteiger partial charge in [0.2, 0.25) is 0 Å². The molecule has 59 heavy (non-hydrogen) atoms. The van der Waals surface area contributed by atoms with Gasteiger partial charge in [-0.25, -0.2) is 19.9 Å². The molecule has 0 bridgehead atoms.